The summed E-state index contributed by atoms with van der Waals surface area (Å²) in [7, 11) is 1.41. The minimum absolute atomic E-state index is 0.0127. The Morgan fingerprint density at radius 3 is 2.79 bits per heavy atom. The van der Waals surface area contributed by atoms with Crippen LogP contribution in [-0.2, 0) is 11.2 Å². The highest BCUT2D eigenvalue weighted by atomic mass is 79.9. The maximum atomic E-state index is 10.5. The van der Waals surface area contributed by atoms with E-state index in [0.29, 0.717) is 10.2 Å². The molecule has 7 heteroatoms. The zero-order valence-corrected chi connectivity index (χ0v) is 8.91. The molecule has 0 unspecified atom stereocenters. The first-order chi connectivity index (χ1) is 6.54. The lowest BCUT2D eigenvalue weighted by molar-refractivity contribution is -0.136. The van der Waals surface area contributed by atoms with E-state index in [1.165, 1.54) is 7.11 Å². The molecule has 3 N–H and O–H groups in total. The Kier molecular flexibility index (Phi) is 3.23. The molecule has 1 heterocycles. The van der Waals surface area contributed by atoms with Crippen molar-refractivity contribution in [3.63, 3.8) is 0 Å². The standard InChI is InChI=1S/C7H8BrN3O3/c1-14-6-5(8)3(2-4(12)13)10-7(9)11-6/h2H2,1H3,(H,12,13)(H2,9,10,11). The fourth-order valence-corrected chi connectivity index (χ4v) is 1.36. The predicted octanol–water partition coefficient (Wildman–Crippen LogP) is 0.457. The summed E-state index contributed by atoms with van der Waals surface area (Å²) in [6.07, 6.45) is -0.232. The number of rotatable bonds is 3. The van der Waals surface area contributed by atoms with Crippen LogP contribution in [0.3, 0.4) is 0 Å². The minimum atomic E-state index is -0.995. The second-order valence-electron chi connectivity index (χ2n) is 2.42. The summed E-state index contributed by atoms with van der Waals surface area (Å²) in [5.41, 5.74) is 5.66. The van der Waals surface area contributed by atoms with Crippen LogP contribution < -0.4 is 10.5 Å². The molecule has 6 nitrogen and oxygen atoms in total. The zero-order chi connectivity index (χ0) is 10.7. The smallest absolute Gasteiger partial charge is 0.309 e. The number of carboxylic acid groups (broad SMARTS) is 1. The van der Waals surface area contributed by atoms with Gasteiger partial charge in [0.15, 0.2) is 0 Å². The van der Waals surface area contributed by atoms with Crippen LogP contribution in [0.25, 0.3) is 0 Å². The molecular formula is C7H8BrN3O3. The summed E-state index contributed by atoms with van der Waals surface area (Å²) < 4.78 is 5.29. The number of hydrogen-bond acceptors (Lipinski definition) is 5. The largest absolute Gasteiger partial charge is 0.481 e. The number of anilines is 1. The maximum absolute atomic E-state index is 10.5. The average Bonchev–Trinajstić information content (AvgIpc) is 2.09. The third-order valence-corrected chi connectivity index (χ3v) is 2.22. The predicted molar refractivity (Wildman–Crippen MR) is 52.0 cm³/mol. The van der Waals surface area contributed by atoms with Gasteiger partial charge in [0, 0.05) is 0 Å². The van der Waals surface area contributed by atoms with Gasteiger partial charge in [-0.2, -0.15) is 4.98 Å². The number of aliphatic carboxylic acids is 1. The van der Waals surface area contributed by atoms with Crippen molar-refractivity contribution in [3.8, 4) is 5.88 Å². The van der Waals surface area contributed by atoms with Crippen LogP contribution in [0.2, 0.25) is 0 Å². The first kappa shape index (κ1) is 10.7. The minimum Gasteiger partial charge on any atom is -0.481 e. The van der Waals surface area contributed by atoms with Gasteiger partial charge in [0.1, 0.15) is 4.47 Å². The Morgan fingerprint density at radius 1 is 1.64 bits per heavy atom. The number of carboxylic acids is 1. The number of aromatic nitrogens is 2. The Balaban J connectivity index is 3.15. The van der Waals surface area contributed by atoms with Crippen LogP contribution in [0.4, 0.5) is 5.95 Å². The number of nitrogens with two attached hydrogens (primary N) is 1. The summed E-state index contributed by atoms with van der Waals surface area (Å²) in [6.45, 7) is 0. The van der Waals surface area contributed by atoms with E-state index >= 15 is 0 Å². The Bertz CT molecular complexity index is 369. The summed E-state index contributed by atoms with van der Waals surface area (Å²) in [5, 5.41) is 8.58. The fourth-order valence-electron chi connectivity index (χ4n) is 0.885. The third kappa shape index (κ3) is 2.32. The van der Waals surface area contributed by atoms with E-state index in [0.717, 1.165) is 0 Å². The van der Waals surface area contributed by atoms with Crippen molar-refractivity contribution in [1.82, 2.24) is 9.97 Å². The van der Waals surface area contributed by atoms with E-state index < -0.39 is 5.97 Å². The molecule has 0 aromatic carbocycles. The lowest BCUT2D eigenvalue weighted by Crippen LogP contribution is -2.08. The first-order valence-corrected chi connectivity index (χ1v) is 4.41. The molecule has 0 atom stereocenters. The number of halogens is 1. The van der Waals surface area contributed by atoms with E-state index in [4.69, 9.17) is 15.6 Å². The van der Waals surface area contributed by atoms with Crippen molar-refractivity contribution in [1.29, 1.82) is 0 Å². The highest BCUT2D eigenvalue weighted by Crippen LogP contribution is 2.26. The van der Waals surface area contributed by atoms with Crippen molar-refractivity contribution >= 4 is 27.8 Å². The summed E-state index contributed by atoms with van der Waals surface area (Å²) >= 11 is 3.14. The van der Waals surface area contributed by atoms with Crippen LogP contribution in [-0.4, -0.2) is 28.2 Å². The molecule has 14 heavy (non-hydrogen) atoms. The second kappa shape index (κ2) is 4.23. The lowest BCUT2D eigenvalue weighted by Gasteiger charge is -2.06. The highest BCUT2D eigenvalue weighted by Gasteiger charge is 2.13. The molecule has 0 saturated carbocycles. The third-order valence-electron chi connectivity index (χ3n) is 1.42. The topological polar surface area (TPSA) is 98.3 Å². The van der Waals surface area contributed by atoms with Crippen LogP contribution in [0.15, 0.2) is 4.47 Å². The Morgan fingerprint density at radius 2 is 2.29 bits per heavy atom. The SMILES string of the molecule is COc1nc(N)nc(CC(=O)O)c1Br. The molecule has 0 spiro atoms. The number of carbonyl (C=O) groups is 1. The molecule has 1 rings (SSSR count). The van der Waals surface area contributed by atoms with Gasteiger partial charge in [-0.15, -0.1) is 0 Å². The van der Waals surface area contributed by atoms with Gasteiger partial charge in [-0.1, -0.05) is 0 Å². The second-order valence-corrected chi connectivity index (χ2v) is 3.22. The monoisotopic (exact) mass is 261 g/mol. The summed E-state index contributed by atoms with van der Waals surface area (Å²) in [5.74, 6) is -0.777. The maximum Gasteiger partial charge on any atom is 0.309 e. The van der Waals surface area contributed by atoms with Crippen LogP contribution >= 0.6 is 15.9 Å². The molecule has 1 aromatic rings. The van der Waals surface area contributed by atoms with Crippen molar-refractivity contribution in [3.05, 3.63) is 10.2 Å². The van der Waals surface area contributed by atoms with Crippen molar-refractivity contribution in [2.75, 3.05) is 12.8 Å². The van der Waals surface area contributed by atoms with Crippen LogP contribution in [0, 0.1) is 0 Å². The van der Waals surface area contributed by atoms with Crippen molar-refractivity contribution in [2.24, 2.45) is 0 Å². The van der Waals surface area contributed by atoms with Crippen molar-refractivity contribution in [2.45, 2.75) is 6.42 Å². The zero-order valence-electron chi connectivity index (χ0n) is 7.32. The van der Waals surface area contributed by atoms with Gasteiger partial charge in [-0.25, -0.2) is 4.98 Å². The number of ether oxygens (including phenoxy) is 1. The Hall–Kier alpha value is -1.37. The average molecular weight is 262 g/mol. The molecule has 0 aliphatic carbocycles. The van der Waals surface area contributed by atoms with Gasteiger partial charge in [0.2, 0.25) is 11.8 Å². The molecule has 1 aromatic heterocycles. The number of nitrogen functional groups attached to an aromatic ring is 1. The molecule has 0 amide bonds. The molecule has 0 aliphatic heterocycles. The Labute approximate surface area is 88.2 Å². The molecule has 0 aliphatic rings. The van der Waals surface area contributed by atoms with E-state index in [1.54, 1.807) is 0 Å². The fraction of sp³-hybridized carbons (Fsp3) is 0.286. The van der Waals surface area contributed by atoms with Gasteiger partial charge in [-0.3, -0.25) is 4.79 Å². The van der Waals surface area contributed by atoms with Gasteiger partial charge in [0.05, 0.1) is 19.2 Å². The molecule has 0 bridgehead atoms. The van der Waals surface area contributed by atoms with E-state index in [2.05, 4.69) is 25.9 Å². The van der Waals surface area contributed by atoms with Crippen LogP contribution in [0.1, 0.15) is 5.69 Å². The summed E-state index contributed by atoms with van der Waals surface area (Å²) in [4.78, 5) is 18.0. The van der Waals surface area contributed by atoms with Gasteiger partial charge in [-0.05, 0) is 15.9 Å². The first-order valence-electron chi connectivity index (χ1n) is 3.62. The number of hydrogen-bond donors (Lipinski definition) is 2. The highest BCUT2D eigenvalue weighted by molar-refractivity contribution is 9.10. The molecule has 76 valence electrons. The molecule has 0 radical (unpaired) electrons. The number of nitrogens with zero attached hydrogens (tertiary/aromatic N) is 2. The van der Waals surface area contributed by atoms with Gasteiger partial charge < -0.3 is 15.6 Å². The number of methoxy groups -OCH3 is 1. The molecule has 0 saturated heterocycles. The lowest BCUT2D eigenvalue weighted by atomic mass is 10.3. The quantitative estimate of drug-likeness (QED) is 0.820. The van der Waals surface area contributed by atoms with Gasteiger partial charge >= 0.3 is 5.97 Å². The van der Waals surface area contributed by atoms with E-state index in [1.807, 2.05) is 0 Å². The summed E-state index contributed by atoms with van der Waals surface area (Å²) in [6, 6.07) is 0. The van der Waals surface area contributed by atoms with Crippen LogP contribution in [0.5, 0.6) is 5.88 Å². The van der Waals surface area contributed by atoms with E-state index in [9.17, 15) is 4.79 Å². The van der Waals surface area contributed by atoms with E-state index in [-0.39, 0.29) is 18.2 Å². The van der Waals surface area contributed by atoms with Crippen molar-refractivity contribution < 1.29 is 14.6 Å². The molecular weight excluding hydrogens is 254 g/mol. The normalized spacial score (nSPS) is 9.86. The molecule has 0 fully saturated rings. The van der Waals surface area contributed by atoms with Gasteiger partial charge in [0.25, 0.3) is 0 Å².